The zero-order valence-corrected chi connectivity index (χ0v) is 13.5. The average molecular weight is 333 g/mol. The van der Waals surface area contributed by atoms with E-state index in [0.29, 0.717) is 22.7 Å². The Balaban J connectivity index is 1.99. The van der Waals surface area contributed by atoms with Crippen molar-refractivity contribution in [3.63, 3.8) is 0 Å². The SMILES string of the molecule is COc1ccc(NC(N)=NCC(O)c2ccc(F)cc2)cc1OC. The molecule has 6 nitrogen and oxygen atoms in total. The van der Waals surface area contributed by atoms with Crippen molar-refractivity contribution in [1.29, 1.82) is 0 Å². The zero-order valence-electron chi connectivity index (χ0n) is 13.5. The van der Waals surface area contributed by atoms with Gasteiger partial charge in [0.1, 0.15) is 5.82 Å². The second-order valence-electron chi connectivity index (χ2n) is 4.99. The third-order valence-corrected chi connectivity index (χ3v) is 3.35. The third-order valence-electron chi connectivity index (χ3n) is 3.35. The normalized spacial score (nSPS) is 12.6. The highest BCUT2D eigenvalue weighted by Crippen LogP contribution is 2.29. The first-order valence-corrected chi connectivity index (χ1v) is 7.26. The molecule has 7 heteroatoms. The molecular formula is C17H20FN3O3. The van der Waals surface area contributed by atoms with E-state index in [9.17, 15) is 9.50 Å². The van der Waals surface area contributed by atoms with Crippen molar-refractivity contribution < 1.29 is 19.0 Å². The van der Waals surface area contributed by atoms with Crippen LogP contribution < -0.4 is 20.5 Å². The fourth-order valence-corrected chi connectivity index (χ4v) is 2.08. The fraction of sp³-hybridized carbons (Fsp3) is 0.235. The Labute approximate surface area is 139 Å². The molecule has 128 valence electrons. The second-order valence-corrected chi connectivity index (χ2v) is 4.99. The molecule has 0 aliphatic carbocycles. The minimum absolute atomic E-state index is 0.0533. The van der Waals surface area contributed by atoms with Crippen molar-refractivity contribution in [2.75, 3.05) is 26.1 Å². The fourth-order valence-electron chi connectivity index (χ4n) is 2.08. The number of aliphatic hydroxyl groups is 1. The number of nitrogens with zero attached hydrogens (tertiary/aromatic N) is 1. The Morgan fingerprint density at radius 2 is 1.83 bits per heavy atom. The quantitative estimate of drug-likeness (QED) is 0.557. The molecule has 0 saturated heterocycles. The summed E-state index contributed by atoms with van der Waals surface area (Å²) in [7, 11) is 3.09. The predicted octanol–water partition coefficient (Wildman–Crippen LogP) is 2.30. The van der Waals surface area contributed by atoms with E-state index in [1.165, 1.54) is 31.4 Å². The maximum Gasteiger partial charge on any atom is 0.193 e. The summed E-state index contributed by atoms with van der Waals surface area (Å²) >= 11 is 0. The molecule has 24 heavy (non-hydrogen) atoms. The number of halogens is 1. The van der Waals surface area contributed by atoms with Gasteiger partial charge in [0.05, 0.1) is 26.9 Å². The second kappa shape index (κ2) is 8.16. The standard InChI is InChI=1S/C17H20FN3O3/c1-23-15-8-7-13(9-16(15)24-2)21-17(19)20-10-14(22)11-3-5-12(18)6-4-11/h3-9,14,22H,10H2,1-2H3,(H3,19,20,21). The lowest BCUT2D eigenvalue weighted by Gasteiger charge is -2.12. The summed E-state index contributed by atoms with van der Waals surface area (Å²) in [6, 6.07) is 10.8. The minimum atomic E-state index is -0.864. The van der Waals surface area contributed by atoms with Gasteiger partial charge in [0.15, 0.2) is 17.5 Å². The highest BCUT2D eigenvalue weighted by atomic mass is 19.1. The number of aliphatic hydroxyl groups excluding tert-OH is 1. The Hall–Kier alpha value is -2.80. The molecule has 2 aromatic rings. The molecule has 1 atom stereocenters. The summed E-state index contributed by atoms with van der Waals surface area (Å²) in [5.41, 5.74) is 7.05. The van der Waals surface area contributed by atoms with Gasteiger partial charge in [-0.15, -0.1) is 0 Å². The first kappa shape index (κ1) is 17.6. The number of methoxy groups -OCH3 is 2. The number of anilines is 1. The lowest BCUT2D eigenvalue weighted by atomic mass is 10.1. The van der Waals surface area contributed by atoms with E-state index in [4.69, 9.17) is 15.2 Å². The number of hydrogen-bond donors (Lipinski definition) is 3. The summed E-state index contributed by atoms with van der Waals surface area (Å²) in [4.78, 5) is 4.08. The Morgan fingerprint density at radius 3 is 2.46 bits per heavy atom. The number of nitrogens with one attached hydrogen (secondary N) is 1. The van der Waals surface area contributed by atoms with Crippen LogP contribution in [0.2, 0.25) is 0 Å². The van der Waals surface area contributed by atoms with Crippen LogP contribution in [0, 0.1) is 5.82 Å². The summed E-state index contributed by atoms with van der Waals surface area (Å²) in [6.45, 7) is 0.0533. The molecule has 1 unspecified atom stereocenters. The molecule has 2 rings (SSSR count). The number of nitrogens with two attached hydrogens (primary N) is 1. The number of hydrogen-bond acceptors (Lipinski definition) is 4. The van der Waals surface area contributed by atoms with E-state index in [1.807, 2.05) is 0 Å². The van der Waals surface area contributed by atoms with Crippen LogP contribution in [-0.4, -0.2) is 31.8 Å². The van der Waals surface area contributed by atoms with E-state index in [0.717, 1.165) is 0 Å². The van der Waals surface area contributed by atoms with Gasteiger partial charge in [0.2, 0.25) is 0 Å². The van der Waals surface area contributed by atoms with Crippen molar-refractivity contribution in [2.24, 2.45) is 10.7 Å². The van der Waals surface area contributed by atoms with Crippen LogP contribution in [0.1, 0.15) is 11.7 Å². The lowest BCUT2D eigenvalue weighted by molar-refractivity contribution is 0.187. The largest absolute Gasteiger partial charge is 0.493 e. The van der Waals surface area contributed by atoms with Gasteiger partial charge in [0, 0.05) is 11.8 Å². The summed E-state index contributed by atoms with van der Waals surface area (Å²) in [5.74, 6) is 0.944. The van der Waals surface area contributed by atoms with Crippen molar-refractivity contribution in [3.8, 4) is 11.5 Å². The monoisotopic (exact) mass is 333 g/mol. The molecule has 0 spiro atoms. The van der Waals surface area contributed by atoms with Crippen LogP contribution in [-0.2, 0) is 0 Å². The smallest absolute Gasteiger partial charge is 0.193 e. The Morgan fingerprint density at radius 1 is 1.17 bits per heavy atom. The molecule has 0 aliphatic heterocycles. The Kier molecular flexibility index (Phi) is 5.97. The first-order valence-electron chi connectivity index (χ1n) is 7.26. The van der Waals surface area contributed by atoms with E-state index in [-0.39, 0.29) is 18.3 Å². The highest BCUT2D eigenvalue weighted by molar-refractivity contribution is 5.92. The van der Waals surface area contributed by atoms with Crippen LogP contribution in [0.3, 0.4) is 0 Å². The molecule has 2 aromatic carbocycles. The van der Waals surface area contributed by atoms with Crippen LogP contribution in [0.4, 0.5) is 10.1 Å². The van der Waals surface area contributed by atoms with Crippen LogP contribution in [0.25, 0.3) is 0 Å². The summed E-state index contributed by atoms with van der Waals surface area (Å²) in [5, 5.41) is 12.9. The van der Waals surface area contributed by atoms with E-state index in [2.05, 4.69) is 10.3 Å². The summed E-state index contributed by atoms with van der Waals surface area (Å²) < 4.78 is 23.2. The molecule has 0 aliphatic rings. The molecule has 0 aromatic heterocycles. The van der Waals surface area contributed by atoms with E-state index in [1.54, 1.807) is 25.3 Å². The van der Waals surface area contributed by atoms with Crippen molar-refractivity contribution in [2.45, 2.75) is 6.10 Å². The molecule has 0 bridgehead atoms. The van der Waals surface area contributed by atoms with Gasteiger partial charge in [-0.3, -0.25) is 4.99 Å². The third kappa shape index (κ3) is 4.60. The van der Waals surface area contributed by atoms with Gasteiger partial charge >= 0.3 is 0 Å². The molecule has 0 saturated carbocycles. The van der Waals surface area contributed by atoms with Crippen molar-refractivity contribution in [1.82, 2.24) is 0 Å². The first-order chi connectivity index (χ1) is 11.5. The molecule has 0 heterocycles. The number of guanidine groups is 1. The topological polar surface area (TPSA) is 89.1 Å². The van der Waals surface area contributed by atoms with Gasteiger partial charge in [-0.2, -0.15) is 0 Å². The van der Waals surface area contributed by atoms with E-state index >= 15 is 0 Å². The number of ether oxygens (including phenoxy) is 2. The van der Waals surface area contributed by atoms with Crippen LogP contribution in [0.5, 0.6) is 11.5 Å². The summed E-state index contributed by atoms with van der Waals surface area (Å²) in [6.07, 6.45) is -0.864. The number of benzene rings is 2. The van der Waals surface area contributed by atoms with E-state index < -0.39 is 6.10 Å². The van der Waals surface area contributed by atoms with Gasteiger partial charge in [-0.05, 0) is 29.8 Å². The van der Waals surface area contributed by atoms with Gasteiger partial charge in [-0.25, -0.2) is 4.39 Å². The Bertz CT molecular complexity index is 705. The molecular weight excluding hydrogens is 313 g/mol. The maximum absolute atomic E-state index is 12.9. The molecule has 0 amide bonds. The zero-order chi connectivity index (χ0) is 17.5. The number of aliphatic imine (C=N–C) groups is 1. The van der Waals surface area contributed by atoms with Crippen molar-refractivity contribution in [3.05, 3.63) is 53.8 Å². The molecule has 0 radical (unpaired) electrons. The van der Waals surface area contributed by atoms with Crippen molar-refractivity contribution >= 4 is 11.6 Å². The highest BCUT2D eigenvalue weighted by Gasteiger charge is 2.08. The maximum atomic E-state index is 12.9. The predicted molar refractivity (Wildman–Crippen MR) is 91.0 cm³/mol. The minimum Gasteiger partial charge on any atom is -0.493 e. The average Bonchev–Trinajstić information content (AvgIpc) is 2.60. The molecule has 4 N–H and O–H groups in total. The van der Waals surface area contributed by atoms with Gasteiger partial charge in [-0.1, -0.05) is 12.1 Å². The molecule has 0 fully saturated rings. The van der Waals surface area contributed by atoms with Gasteiger partial charge < -0.3 is 25.6 Å². The van der Waals surface area contributed by atoms with Crippen LogP contribution in [0.15, 0.2) is 47.5 Å². The van der Waals surface area contributed by atoms with Gasteiger partial charge in [0.25, 0.3) is 0 Å². The van der Waals surface area contributed by atoms with Crippen LogP contribution >= 0.6 is 0 Å². The lowest BCUT2D eigenvalue weighted by Crippen LogP contribution is -2.23. The number of rotatable bonds is 6.